The molecule has 0 radical (unpaired) electrons. The zero-order valence-electron chi connectivity index (χ0n) is 10.5. The molecule has 1 amide bonds. The number of methoxy groups -OCH3 is 2. The van der Waals surface area contributed by atoms with E-state index in [4.69, 9.17) is 14.7 Å². The van der Waals surface area contributed by atoms with Crippen LogP contribution in [0.2, 0.25) is 0 Å². The third-order valence-electron chi connectivity index (χ3n) is 2.37. The van der Waals surface area contributed by atoms with E-state index < -0.39 is 0 Å². The maximum atomic E-state index is 11.5. The number of hydrogen-bond acceptors (Lipinski definition) is 4. The predicted octanol–water partition coefficient (Wildman–Crippen LogP) is 1.28. The van der Waals surface area contributed by atoms with E-state index in [9.17, 15) is 4.79 Å². The summed E-state index contributed by atoms with van der Waals surface area (Å²) in [6, 6.07) is 7.31. The molecule has 0 aliphatic heterocycles. The van der Waals surface area contributed by atoms with Gasteiger partial charge in [0, 0.05) is 6.54 Å². The Bertz CT molecular complexity index is 452. The second-order valence-electron chi connectivity index (χ2n) is 3.62. The number of carbonyl (C=O) groups is 1. The van der Waals surface area contributed by atoms with Gasteiger partial charge in [-0.25, -0.2) is 0 Å². The Balaban J connectivity index is 2.62. The van der Waals surface area contributed by atoms with E-state index in [2.05, 4.69) is 5.32 Å². The van der Waals surface area contributed by atoms with Crippen molar-refractivity contribution in [3.8, 4) is 17.6 Å². The van der Waals surface area contributed by atoms with Crippen molar-refractivity contribution < 1.29 is 14.3 Å². The second-order valence-corrected chi connectivity index (χ2v) is 3.62. The molecule has 1 N–H and O–H groups in total. The van der Waals surface area contributed by atoms with Crippen molar-refractivity contribution in [1.82, 2.24) is 5.32 Å². The van der Waals surface area contributed by atoms with Crippen LogP contribution in [0.1, 0.15) is 12.0 Å². The molecule has 0 atom stereocenters. The van der Waals surface area contributed by atoms with E-state index in [1.807, 2.05) is 12.1 Å². The number of hydrogen-bond donors (Lipinski definition) is 1. The first-order valence-corrected chi connectivity index (χ1v) is 5.55. The summed E-state index contributed by atoms with van der Waals surface area (Å²) < 4.78 is 10.3. The molecular weight excluding hydrogens is 232 g/mol. The Labute approximate surface area is 106 Å². The number of nitrogens with one attached hydrogen (secondary N) is 1. The summed E-state index contributed by atoms with van der Waals surface area (Å²) in [4.78, 5) is 11.5. The largest absolute Gasteiger partial charge is 0.493 e. The Morgan fingerprint density at radius 1 is 1.33 bits per heavy atom. The highest BCUT2D eigenvalue weighted by Gasteiger charge is 2.07. The van der Waals surface area contributed by atoms with Gasteiger partial charge in [0.2, 0.25) is 5.91 Å². The summed E-state index contributed by atoms with van der Waals surface area (Å²) in [5.41, 5.74) is 0.835. The Kier molecular flexibility index (Phi) is 5.52. The highest BCUT2D eigenvalue weighted by molar-refractivity contribution is 5.78. The molecule has 5 nitrogen and oxygen atoms in total. The quantitative estimate of drug-likeness (QED) is 0.770. The number of ether oxygens (including phenoxy) is 2. The lowest BCUT2D eigenvalue weighted by Crippen LogP contribution is -2.25. The van der Waals surface area contributed by atoms with E-state index in [0.717, 1.165) is 5.56 Å². The fourth-order valence-corrected chi connectivity index (χ4v) is 1.50. The minimum atomic E-state index is -0.113. The van der Waals surface area contributed by atoms with Gasteiger partial charge in [0.25, 0.3) is 0 Å². The standard InChI is InChI=1S/C13H16N2O3/c1-17-11-5-4-10(8-12(11)18-2)9-13(16)15-7-3-6-14/h4-5,8H,3,7,9H2,1-2H3,(H,15,16). The van der Waals surface area contributed by atoms with Gasteiger partial charge in [0.15, 0.2) is 11.5 Å². The van der Waals surface area contributed by atoms with E-state index in [1.165, 1.54) is 0 Å². The smallest absolute Gasteiger partial charge is 0.224 e. The van der Waals surface area contributed by atoms with Crippen LogP contribution in [0.5, 0.6) is 11.5 Å². The van der Waals surface area contributed by atoms with Gasteiger partial charge in [-0.1, -0.05) is 6.07 Å². The maximum Gasteiger partial charge on any atom is 0.224 e. The first kappa shape index (κ1) is 13.8. The molecule has 1 aromatic carbocycles. The number of amides is 1. The average molecular weight is 248 g/mol. The first-order valence-electron chi connectivity index (χ1n) is 5.55. The molecule has 0 fully saturated rings. The molecule has 96 valence electrons. The van der Waals surface area contributed by atoms with Gasteiger partial charge < -0.3 is 14.8 Å². The van der Waals surface area contributed by atoms with Gasteiger partial charge in [-0.3, -0.25) is 4.79 Å². The summed E-state index contributed by atoms with van der Waals surface area (Å²) in [5, 5.41) is 11.0. The molecule has 18 heavy (non-hydrogen) atoms. The van der Waals surface area contributed by atoms with Crippen LogP contribution >= 0.6 is 0 Å². The molecule has 5 heteroatoms. The maximum absolute atomic E-state index is 11.5. The Morgan fingerprint density at radius 2 is 2.06 bits per heavy atom. The first-order chi connectivity index (χ1) is 8.71. The van der Waals surface area contributed by atoms with E-state index in [1.54, 1.807) is 26.4 Å². The summed E-state index contributed by atoms with van der Waals surface area (Å²) in [5.74, 6) is 1.11. The third kappa shape index (κ3) is 3.98. The molecule has 0 aromatic heterocycles. The van der Waals surface area contributed by atoms with Gasteiger partial charge in [-0.2, -0.15) is 5.26 Å². The molecule has 0 heterocycles. The third-order valence-corrected chi connectivity index (χ3v) is 2.37. The molecule has 0 bridgehead atoms. The fourth-order valence-electron chi connectivity index (χ4n) is 1.50. The van der Waals surface area contributed by atoms with Crippen LogP contribution < -0.4 is 14.8 Å². The van der Waals surface area contributed by atoms with Gasteiger partial charge in [0.1, 0.15) is 0 Å². The van der Waals surface area contributed by atoms with Crippen molar-refractivity contribution in [2.24, 2.45) is 0 Å². The zero-order chi connectivity index (χ0) is 13.4. The Morgan fingerprint density at radius 3 is 2.67 bits per heavy atom. The summed E-state index contributed by atoms with van der Waals surface area (Å²) >= 11 is 0. The van der Waals surface area contributed by atoms with Crippen molar-refractivity contribution in [2.45, 2.75) is 12.8 Å². The van der Waals surface area contributed by atoms with Crippen LogP contribution in [0.25, 0.3) is 0 Å². The fraction of sp³-hybridized carbons (Fsp3) is 0.385. The minimum Gasteiger partial charge on any atom is -0.493 e. The summed E-state index contributed by atoms with van der Waals surface area (Å²) in [6.45, 7) is 0.378. The Hall–Kier alpha value is -2.22. The number of benzene rings is 1. The number of rotatable bonds is 6. The highest BCUT2D eigenvalue weighted by Crippen LogP contribution is 2.27. The average Bonchev–Trinajstić information content (AvgIpc) is 2.39. The molecule has 0 saturated heterocycles. The lowest BCUT2D eigenvalue weighted by atomic mass is 10.1. The van der Waals surface area contributed by atoms with Crippen LogP contribution in [-0.2, 0) is 11.2 Å². The van der Waals surface area contributed by atoms with Crippen LogP contribution in [0.15, 0.2) is 18.2 Å². The van der Waals surface area contributed by atoms with E-state index in [-0.39, 0.29) is 12.3 Å². The lowest BCUT2D eigenvalue weighted by molar-refractivity contribution is -0.120. The summed E-state index contributed by atoms with van der Waals surface area (Å²) in [6.07, 6.45) is 0.573. The molecule has 0 unspecified atom stereocenters. The van der Waals surface area contributed by atoms with Crippen LogP contribution in [0.4, 0.5) is 0 Å². The normalized spacial score (nSPS) is 9.39. The molecule has 0 spiro atoms. The van der Waals surface area contributed by atoms with Crippen LogP contribution in [0.3, 0.4) is 0 Å². The van der Waals surface area contributed by atoms with Crippen LogP contribution in [0, 0.1) is 11.3 Å². The number of nitrogens with zero attached hydrogens (tertiary/aromatic N) is 1. The zero-order valence-corrected chi connectivity index (χ0v) is 10.5. The van der Waals surface area contributed by atoms with Crippen molar-refractivity contribution >= 4 is 5.91 Å². The number of nitriles is 1. The lowest BCUT2D eigenvalue weighted by Gasteiger charge is -2.09. The second kappa shape index (κ2) is 7.17. The molecule has 1 aromatic rings. The van der Waals surface area contributed by atoms with Gasteiger partial charge in [0.05, 0.1) is 33.1 Å². The predicted molar refractivity (Wildman–Crippen MR) is 66.5 cm³/mol. The van der Waals surface area contributed by atoms with Crippen LogP contribution in [-0.4, -0.2) is 26.7 Å². The van der Waals surface area contributed by atoms with Gasteiger partial charge in [-0.05, 0) is 17.7 Å². The molecular formula is C13H16N2O3. The number of carbonyl (C=O) groups excluding carboxylic acids is 1. The SMILES string of the molecule is COc1ccc(CC(=O)NCCC#N)cc1OC. The van der Waals surface area contributed by atoms with Gasteiger partial charge >= 0.3 is 0 Å². The van der Waals surface area contributed by atoms with Crippen molar-refractivity contribution in [3.05, 3.63) is 23.8 Å². The van der Waals surface area contributed by atoms with E-state index >= 15 is 0 Å². The van der Waals surface area contributed by atoms with Crippen molar-refractivity contribution in [2.75, 3.05) is 20.8 Å². The highest BCUT2D eigenvalue weighted by atomic mass is 16.5. The molecule has 0 aliphatic carbocycles. The molecule has 0 saturated carbocycles. The molecule has 0 aliphatic rings. The van der Waals surface area contributed by atoms with Gasteiger partial charge in [-0.15, -0.1) is 0 Å². The molecule has 1 rings (SSSR count). The minimum absolute atomic E-state index is 0.113. The monoisotopic (exact) mass is 248 g/mol. The van der Waals surface area contributed by atoms with Crippen molar-refractivity contribution in [3.63, 3.8) is 0 Å². The summed E-state index contributed by atoms with van der Waals surface area (Å²) in [7, 11) is 3.11. The van der Waals surface area contributed by atoms with E-state index in [0.29, 0.717) is 24.5 Å². The topological polar surface area (TPSA) is 71.3 Å². The van der Waals surface area contributed by atoms with Crippen molar-refractivity contribution in [1.29, 1.82) is 5.26 Å².